The third-order valence-electron chi connectivity index (χ3n) is 2.56. The van der Waals surface area contributed by atoms with Crippen LogP contribution in [0, 0.1) is 5.92 Å². The van der Waals surface area contributed by atoms with Crippen LogP contribution in [-0.2, 0) is 9.59 Å². The van der Waals surface area contributed by atoms with E-state index in [1.807, 2.05) is 27.9 Å². The number of carboxylic acid groups (broad SMARTS) is 1. The Bertz CT molecular complexity index is 265. The van der Waals surface area contributed by atoms with Crippen LogP contribution >= 0.6 is 0 Å². The molecule has 0 saturated carbocycles. The molecule has 0 aliphatic rings. The van der Waals surface area contributed by atoms with Gasteiger partial charge in [-0.2, -0.15) is 0 Å². The second-order valence-corrected chi connectivity index (χ2v) is 5.28. The smallest absolute Gasteiger partial charge is 0.305 e. The lowest BCUT2D eigenvalue weighted by molar-refractivity contribution is -0.138. The molecule has 0 saturated heterocycles. The number of carboxylic acids is 1. The first-order chi connectivity index (χ1) is 8.32. The summed E-state index contributed by atoms with van der Waals surface area (Å²) in [4.78, 5) is 26.3. The van der Waals surface area contributed by atoms with E-state index in [9.17, 15) is 9.59 Å². The molecular formula is C13H26N2O3. The Morgan fingerprint density at radius 3 is 2.17 bits per heavy atom. The molecule has 0 aromatic heterocycles. The van der Waals surface area contributed by atoms with Crippen LogP contribution in [0.4, 0.5) is 0 Å². The maximum atomic E-state index is 12.0. The molecule has 0 heterocycles. The first-order valence-corrected chi connectivity index (χ1v) is 6.47. The molecule has 0 fully saturated rings. The minimum absolute atomic E-state index is 0.0196. The summed E-state index contributed by atoms with van der Waals surface area (Å²) in [6.45, 7) is 5.84. The Kier molecular flexibility index (Phi) is 8.37. The van der Waals surface area contributed by atoms with Gasteiger partial charge in [0.15, 0.2) is 0 Å². The van der Waals surface area contributed by atoms with Gasteiger partial charge < -0.3 is 14.9 Å². The molecule has 0 atom stereocenters. The van der Waals surface area contributed by atoms with Gasteiger partial charge in [-0.1, -0.05) is 13.8 Å². The lowest BCUT2D eigenvalue weighted by Gasteiger charge is -2.23. The van der Waals surface area contributed by atoms with Crippen molar-refractivity contribution in [2.75, 3.05) is 33.7 Å². The minimum Gasteiger partial charge on any atom is -0.481 e. The lowest BCUT2D eigenvalue weighted by atomic mass is 10.1. The van der Waals surface area contributed by atoms with Crippen molar-refractivity contribution in [3.63, 3.8) is 0 Å². The highest BCUT2D eigenvalue weighted by molar-refractivity contribution is 5.77. The van der Waals surface area contributed by atoms with Gasteiger partial charge in [0.1, 0.15) is 0 Å². The van der Waals surface area contributed by atoms with Crippen LogP contribution in [0.15, 0.2) is 0 Å². The quantitative estimate of drug-likeness (QED) is 0.677. The van der Waals surface area contributed by atoms with Gasteiger partial charge in [0.2, 0.25) is 5.91 Å². The molecule has 0 aromatic rings. The number of rotatable bonds is 9. The Morgan fingerprint density at radius 2 is 1.72 bits per heavy atom. The van der Waals surface area contributed by atoms with Crippen molar-refractivity contribution in [2.24, 2.45) is 5.92 Å². The van der Waals surface area contributed by atoms with Crippen LogP contribution in [0.5, 0.6) is 0 Å². The second kappa shape index (κ2) is 8.91. The third-order valence-corrected chi connectivity index (χ3v) is 2.56. The third kappa shape index (κ3) is 8.98. The van der Waals surface area contributed by atoms with Crippen molar-refractivity contribution in [3.8, 4) is 0 Å². The van der Waals surface area contributed by atoms with Gasteiger partial charge in [-0.15, -0.1) is 0 Å². The van der Waals surface area contributed by atoms with Crippen molar-refractivity contribution in [3.05, 3.63) is 0 Å². The van der Waals surface area contributed by atoms with Gasteiger partial charge in [-0.3, -0.25) is 9.59 Å². The van der Waals surface area contributed by atoms with Crippen molar-refractivity contribution < 1.29 is 14.7 Å². The number of nitrogens with zero attached hydrogens (tertiary/aromatic N) is 2. The molecule has 0 bridgehead atoms. The fourth-order valence-electron chi connectivity index (χ4n) is 1.65. The van der Waals surface area contributed by atoms with E-state index in [-0.39, 0.29) is 12.3 Å². The minimum atomic E-state index is -0.857. The van der Waals surface area contributed by atoms with E-state index in [4.69, 9.17) is 5.11 Å². The zero-order valence-electron chi connectivity index (χ0n) is 12.0. The summed E-state index contributed by atoms with van der Waals surface area (Å²) in [5.41, 5.74) is 0. The number of amides is 1. The molecule has 5 nitrogen and oxygen atoms in total. The number of carbonyl (C=O) groups excluding carboxylic acids is 1. The van der Waals surface area contributed by atoms with Crippen LogP contribution in [0.3, 0.4) is 0 Å². The Hall–Kier alpha value is -1.10. The van der Waals surface area contributed by atoms with Gasteiger partial charge in [0.25, 0.3) is 0 Å². The Labute approximate surface area is 110 Å². The fourth-order valence-corrected chi connectivity index (χ4v) is 1.65. The van der Waals surface area contributed by atoms with E-state index in [2.05, 4.69) is 4.90 Å². The summed E-state index contributed by atoms with van der Waals surface area (Å²) in [7, 11) is 3.97. The van der Waals surface area contributed by atoms with Crippen LogP contribution < -0.4 is 0 Å². The highest BCUT2D eigenvalue weighted by Crippen LogP contribution is 2.06. The van der Waals surface area contributed by atoms with Crippen molar-refractivity contribution in [1.29, 1.82) is 0 Å². The molecule has 18 heavy (non-hydrogen) atoms. The number of hydrogen-bond acceptors (Lipinski definition) is 3. The Morgan fingerprint density at radius 1 is 1.11 bits per heavy atom. The van der Waals surface area contributed by atoms with E-state index in [0.29, 0.717) is 25.4 Å². The van der Waals surface area contributed by atoms with Crippen LogP contribution in [0.25, 0.3) is 0 Å². The second-order valence-electron chi connectivity index (χ2n) is 5.28. The van der Waals surface area contributed by atoms with E-state index in [0.717, 1.165) is 13.0 Å². The van der Waals surface area contributed by atoms with E-state index in [1.54, 1.807) is 4.90 Å². The highest BCUT2D eigenvalue weighted by Gasteiger charge is 2.15. The maximum absolute atomic E-state index is 12.0. The summed E-state index contributed by atoms with van der Waals surface area (Å²) in [6.07, 6.45) is 1.38. The molecule has 0 aliphatic carbocycles. The molecule has 1 N–H and O–H groups in total. The van der Waals surface area contributed by atoms with Crippen LogP contribution in [-0.4, -0.2) is 60.5 Å². The molecule has 0 aliphatic heterocycles. The molecule has 0 aromatic carbocycles. The van der Waals surface area contributed by atoms with Gasteiger partial charge >= 0.3 is 5.97 Å². The number of hydrogen-bond donors (Lipinski definition) is 1. The van der Waals surface area contributed by atoms with Crippen molar-refractivity contribution >= 4 is 11.9 Å². The first-order valence-electron chi connectivity index (χ1n) is 6.47. The number of aliphatic carboxylic acids is 1. The molecule has 5 heteroatoms. The summed E-state index contributed by atoms with van der Waals surface area (Å²) in [5.74, 6) is -0.492. The first kappa shape index (κ1) is 16.9. The van der Waals surface area contributed by atoms with Crippen LogP contribution in [0.2, 0.25) is 0 Å². The monoisotopic (exact) mass is 258 g/mol. The zero-order chi connectivity index (χ0) is 14.1. The Balaban J connectivity index is 4.22. The summed E-state index contributed by atoms with van der Waals surface area (Å²) in [6, 6.07) is 0. The zero-order valence-corrected chi connectivity index (χ0v) is 12.0. The highest BCUT2D eigenvalue weighted by atomic mass is 16.4. The number of carbonyl (C=O) groups is 2. The molecule has 0 unspecified atom stereocenters. The summed E-state index contributed by atoms with van der Waals surface area (Å²) in [5, 5.41) is 8.69. The average molecular weight is 258 g/mol. The SMILES string of the molecule is CC(C)CC(=O)N(CCCN(C)C)CCC(=O)O. The predicted molar refractivity (Wildman–Crippen MR) is 71.5 cm³/mol. The normalized spacial score (nSPS) is 11.0. The van der Waals surface area contributed by atoms with Crippen molar-refractivity contribution in [1.82, 2.24) is 9.80 Å². The van der Waals surface area contributed by atoms with Crippen molar-refractivity contribution in [2.45, 2.75) is 33.1 Å². The molecule has 0 rings (SSSR count). The molecule has 1 amide bonds. The molecule has 0 radical (unpaired) electrons. The van der Waals surface area contributed by atoms with Gasteiger partial charge in [0.05, 0.1) is 6.42 Å². The summed E-state index contributed by atoms with van der Waals surface area (Å²) < 4.78 is 0. The topological polar surface area (TPSA) is 60.9 Å². The van der Waals surface area contributed by atoms with E-state index >= 15 is 0 Å². The lowest BCUT2D eigenvalue weighted by Crippen LogP contribution is -2.35. The van der Waals surface area contributed by atoms with Crippen LogP contribution in [0.1, 0.15) is 33.1 Å². The largest absolute Gasteiger partial charge is 0.481 e. The molecular weight excluding hydrogens is 232 g/mol. The fraction of sp³-hybridized carbons (Fsp3) is 0.846. The molecule has 106 valence electrons. The van der Waals surface area contributed by atoms with Gasteiger partial charge in [-0.25, -0.2) is 0 Å². The average Bonchev–Trinajstić information content (AvgIpc) is 2.20. The van der Waals surface area contributed by atoms with E-state index in [1.165, 1.54) is 0 Å². The molecule has 0 spiro atoms. The van der Waals surface area contributed by atoms with E-state index < -0.39 is 5.97 Å². The predicted octanol–water partition coefficient (Wildman–Crippen LogP) is 1.29. The van der Waals surface area contributed by atoms with Gasteiger partial charge in [-0.05, 0) is 33.0 Å². The maximum Gasteiger partial charge on any atom is 0.305 e. The standard InChI is InChI=1S/C13H26N2O3/c1-11(2)10-12(16)15(9-6-13(17)18)8-5-7-14(3)4/h11H,5-10H2,1-4H3,(H,17,18). The summed E-state index contributed by atoms with van der Waals surface area (Å²) >= 11 is 0. The van der Waals surface area contributed by atoms with Gasteiger partial charge in [0, 0.05) is 19.5 Å².